The number of rotatable bonds is 6. The SMILES string of the molecule is CCc1c(C)c(C(=O)N[C@H](C)CC)n(Cc2cccc(F)c2)c1C. The van der Waals surface area contributed by atoms with E-state index in [0.29, 0.717) is 12.2 Å². The van der Waals surface area contributed by atoms with Crippen LogP contribution in [-0.2, 0) is 13.0 Å². The van der Waals surface area contributed by atoms with E-state index in [1.165, 1.54) is 17.7 Å². The molecule has 4 heteroatoms. The first-order chi connectivity index (χ1) is 11.4. The van der Waals surface area contributed by atoms with Gasteiger partial charge in [-0.05, 0) is 62.4 Å². The molecule has 0 saturated carbocycles. The monoisotopic (exact) mass is 330 g/mol. The Morgan fingerprint density at radius 3 is 2.58 bits per heavy atom. The molecule has 130 valence electrons. The van der Waals surface area contributed by atoms with E-state index in [1.807, 2.05) is 38.3 Å². The number of carbonyl (C=O) groups excluding carboxylic acids is 1. The van der Waals surface area contributed by atoms with Crippen LogP contribution in [0.2, 0.25) is 0 Å². The van der Waals surface area contributed by atoms with Gasteiger partial charge in [0, 0.05) is 18.3 Å². The minimum Gasteiger partial charge on any atom is -0.348 e. The summed E-state index contributed by atoms with van der Waals surface area (Å²) in [6.07, 6.45) is 1.76. The van der Waals surface area contributed by atoms with E-state index in [9.17, 15) is 9.18 Å². The van der Waals surface area contributed by atoms with E-state index in [2.05, 4.69) is 12.2 Å². The van der Waals surface area contributed by atoms with Crippen molar-refractivity contribution < 1.29 is 9.18 Å². The molecule has 1 N–H and O–H groups in total. The molecule has 1 aromatic heterocycles. The molecule has 0 aliphatic carbocycles. The predicted molar refractivity (Wildman–Crippen MR) is 96.0 cm³/mol. The second-order valence-corrected chi connectivity index (χ2v) is 6.39. The van der Waals surface area contributed by atoms with Crippen molar-refractivity contribution >= 4 is 5.91 Å². The Morgan fingerprint density at radius 1 is 1.29 bits per heavy atom. The first-order valence-electron chi connectivity index (χ1n) is 8.62. The molecule has 0 bridgehead atoms. The Bertz CT molecular complexity index is 733. The van der Waals surface area contributed by atoms with Crippen LogP contribution in [0.3, 0.4) is 0 Å². The molecule has 0 fully saturated rings. The summed E-state index contributed by atoms with van der Waals surface area (Å²) < 4.78 is 15.5. The van der Waals surface area contributed by atoms with Gasteiger partial charge in [-0.3, -0.25) is 4.79 Å². The van der Waals surface area contributed by atoms with Crippen LogP contribution >= 0.6 is 0 Å². The topological polar surface area (TPSA) is 34.0 Å². The average Bonchev–Trinajstić information content (AvgIpc) is 2.77. The summed E-state index contributed by atoms with van der Waals surface area (Å²) in [6, 6.07) is 6.68. The Morgan fingerprint density at radius 2 is 2.00 bits per heavy atom. The van der Waals surface area contributed by atoms with Gasteiger partial charge in [-0.25, -0.2) is 4.39 Å². The predicted octanol–water partition coefficient (Wildman–Crippen LogP) is 4.38. The third kappa shape index (κ3) is 3.69. The normalized spacial score (nSPS) is 12.2. The van der Waals surface area contributed by atoms with Crippen molar-refractivity contribution in [3.63, 3.8) is 0 Å². The fourth-order valence-corrected chi connectivity index (χ4v) is 3.17. The molecule has 0 saturated heterocycles. The lowest BCUT2D eigenvalue weighted by molar-refractivity contribution is 0.0929. The number of carbonyl (C=O) groups is 1. The Labute approximate surface area is 143 Å². The molecule has 0 spiro atoms. The van der Waals surface area contributed by atoms with Gasteiger partial charge in [0.05, 0.1) is 0 Å². The van der Waals surface area contributed by atoms with Gasteiger partial charge in [-0.15, -0.1) is 0 Å². The molecular weight excluding hydrogens is 303 g/mol. The summed E-state index contributed by atoms with van der Waals surface area (Å²) in [5.74, 6) is -0.309. The summed E-state index contributed by atoms with van der Waals surface area (Å²) in [7, 11) is 0. The van der Waals surface area contributed by atoms with Gasteiger partial charge in [-0.1, -0.05) is 26.0 Å². The summed E-state index contributed by atoms with van der Waals surface area (Å²) in [6.45, 7) is 10.7. The van der Waals surface area contributed by atoms with Crippen LogP contribution in [0.15, 0.2) is 24.3 Å². The number of halogens is 1. The zero-order chi connectivity index (χ0) is 17.9. The maximum atomic E-state index is 13.5. The molecule has 24 heavy (non-hydrogen) atoms. The number of amides is 1. The fraction of sp³-hybridized carbons (Fsp3) is 0.450. The van der Waals surface area contributed by atoms with Crippen molar-refractivity contribution in [2.45, 2.75) is 60.0 Å². The van der Waals surface area contributed by atoms with E-state index in [0.717, 1.165) is 29.7 Å². The van der Waals surface area contributed by atoms with E-state index < -0.39 is 0 Å². The standard InChI is InChI=1S/C20H27FN2O/c1-6-13(3)22-20(24)19-14(4)18(7-2)15(5)23(19)12-16-9-8-10-17(21)11-16/h8-11,13H,6-7,12H2,1-5H3,(H,22,24)/t13-/m1/s1. The molecule has 1 aromatic carbocycles. The van der Waals surface area contributed by atoms with E-state index in [1.54, 1.807) is 6.07 Å². The van der Waals surface area contributed by atoms with Gasteiger partial charge in [-0.2, -0.15) is 0 Å². The quantitative estimate of drug-likeness (QED) is 0.838. The van der Waals surface area contributed by atoms with Gasteiger partial charge in [0.2, 0.25) is 0 Å². The van der Waals surface area contributed by atoms with E-state index >= 15 is 0 Å². The highest BCUT2D eigenvalue weighted by molar-refractivity contribution is 5.95. The third-order valence-corrected chi connectivity index (χ3v) is 4.71. The molecule has 0 aliphatic rings. The van der Waals surface area contributed by atoms with Crippen LogP contribution < -0.4 is 5.32 Å². The second-order valence-electron chi connectivity index (χ2n) is 6.39. The lowest BCUT2D eigenvalue weighted by Crippen LogP contribution is -2.34. The van der Waals surface area contributed by atoms with Crippen LogP contribution in [0.5, 0.6) is 0 Å². The van der Waals surface area contributed by atoms with Crippen LogP contribution in [0.4, 0.5) is 4.39 Å². The number of nitrogens with one attached hydrogen (secondary N) is 1. The highest BCUT2D eigenvalue weighted by Gasteiger charge is 2.22. The van der Waals surface area contributed by atoms with Gasteiger partial charge in [0.15, 0.2) is 0 Å². The highest BCUT2D eigenvalue weighted by Crippen LogP contribution is 2.24. The molecule has 0 aliphatic heterocycles. The average molecular weight is 330 g/mol. The minimum atomic E-state index is -0.254. The lowest BCUT2D eigenvalue weighted by atomic mass is 10.1. The molecule has 1 heterocycles. The molecule has 1 atom stereocenters. The number of hydrogen-bond acceptors (Lipinski definition) is 1. The number of benzene rings is 1. The zero-order valence-corrected chi connectivity index (χ0v) is 15.2. The zero-order valence-electron chi connectivity index (χ0n) is 15.2. The molecule has 1 amide bonds. The molecule has 2 aromatic rings. The van der Waals surface area contributed by atoms with E-state index in [-0.39, 0.29) is 17.8 Å². The largest absolute Gasteiger partial charge is 0.348 e. The van der Waals surface area contributed by atoms with Crippen molar-refractivity contribution in [1.82, 2.24) is 9.88 Å². The van der Waals surface area contributed by atoms with Crippen molar-refractivity contribution in [2.24, 2.45) is 0 Å². The smallest absolute Gasteiger partial charge is 0.268 e. The molecule has 3 nitrogen and oxygen atoms in total. The third-order valence-electron chi connectivity index (χ3n) is 4.71. The maximum absolute atomic E-state index is 13.5. The van der Waals surface area contributed by atoms with Gasteiger partial charge in [0.1, 0.15) is 11.5 Å². The van der Waals surface area contributed by atoms with Gasteiger partial charge >= 0.3 is 0 Å². The molecule has 0 radical (unpaired) electrons. The molecule has 2 rings (SSSR count). The Balaban J connectivity index is 2.47. The maximum Gasteiger partial charge on any atom is 0.268 e. The van der Waals surface area contributed by atoms with Gasteiger partial charge < -0.3 is 9.88 Å². The molecular formula is C20H27FN2O. The Hall–Kier alpha value is -2.10. The van der Waals surface area contributed by atoms with Crippen LogP contribution in [-0.4, -0.2) is 16.5 Å². The van der Waals surface area contributed by atoms with Crippen LogP contribution in [0.1, 0.15) is 60.1 Å². The van der Waals surface area contributed by atoms with E-state index in [4.69, 9.17) is 0 Å². The van der Waals surface area contributed by atoms with Gasteiger partial charge in [0.25, 0.3) is 5.91 Å². The lowest BCUT2D eigenvalue weighted by Gasteiger charge is -2.16. The number of aromatic nitrogens is 1. The number of hydrogen-bond donors (Lipinski definition) is 1. The fourth-order valence-electron chi connectivity index (χ4n) is 3.17. The van der Waals surface area contributed by atoms with Crippen molar-refractivity contribution in [3.8, 4) is 0 Å². The van der Waals surface area contributed by atoms with Crippen LogP contribution in [0, 0.1) is 19.7 Å². The van der Waals surface area contributed by atoms with Crippen molar-refractivity contribution in [3.05, 3.63) is 58.2 Å². The highest BCUT2D eigenvalue weighted by atomic mass is 19.1. The Kier molecular flexibility index (Phi) is 5.81. The minimum absolute atomic E-state index is 0.0546. The second kappa shape index (κ2) is 7.65. The first kappa shape index (κ1) is 18.2. The summed E-state index contributed by atoms with van der Waals surface area (Å²) in [5.41, 5.74) is 4.84. The van der Waals surface area contributed by atoms with Crippen molar-refractivity contribution in [2.75, 3.05) is 0 Å². The van der Waals surface area contributed by atoms with Crippen molar-refractivity contribution in [1.29, 1.82) is 0 Å². The first-order valence-corrected chi connectivity index (χ1v) is 8.62. The summed E-state index contributed by atoms with van der Waals surface area (Å²) in [4.78, 5) is 12.8. The molecule has 0 unspecified atom stereocenters. The summed E-state index contributed by atoms with van der Waals surface area (Å²) >= 11 is 0. The number of nitrogens with zero attached hydrogens (tertiary/aromatic N) is 1. The van der Waals surface area contributed by atoms with Crippen LogP contribution in [0.25, 0.3) is 0 Å². The summed E-state index contributed by atoms with van der Waals surface area (Å²) in [5, 5.41) is 3.06.